The zero-order chi connectivity index (χ0) is 26.4. The molecule has 0 amide bonds. The minimum atomic E-state index is -4.22. The third-order valence-electron chi connectivity index (χ3n) is 8.61. The van der Waals surface area contributed by atoms with Crippen LogP contribution in [0.4, 0.5) is 19.1 Å². The molecule has 12 heteroatoms. The Kier molecular flexibility index (Phi) is 5.01. The first-order valence-electron chi connectivity index (χ1n) is 12.9. The normalized spacial score (nSPS) is 31.0. The highest BCUT2D eigenvalue weighted by molar-refractivity contribution is 5.77. The number of hydrogen-bond donors (Lipinski definition) is 1. The van der Waals surface area contributed by atoms with E-state index in [0.717, 1.165) is 17.0 Å². The van der Waals surface area contributed by atoms with Gasteiger partial charge < -0.3 is 19.4 Å². The van der Waals surface area contributed by atoms with Gasteiger partial charge in [0, 0.05) is 30.1 Å². The summed E-state index contributed by atoms with van der Waals surface area (Å²) >= 11 is 0. The van der Waals surface area contributed by atoms with Crippen LogP contribution < -0.4 is 10.5 Å². The summed E-state index contributed by atoms with van der Waals surface area (Å²) in [5.74, 6) is 0.531. The van der Waals surface area contributed by atoms with Crippen LogP contribution >= 0.6 is 0 Å². The molecule has 38 heavy (non-hydrogen) atoms. The number of fused-ring (bicyclic) bond motifs is 1. The van der Waals surface area contributed by atoms with Crippen LogP contribution in [0.25, 0.3) is 11.2 Å². The summed E-state index contributed by atoms with van der Waals surface area (Å²) in [7, 11) is 0. The van der Waals surface area contributed by atoms with Gasteiger partial charge in [-0.15, -0.1) is 0 Å². The van der Waals surface area contributed by atoms with Crippen LogP contribution in [0.15, 0.2) is 23.1 Å². The van der Waals surface area contributed by atoms with E-state index in [4.69, 9.17) is 29.4 Å². The molecule has 2 bridgehead atoms. The van der Waals surface area contributed by atoms with Crippen molar-refractivity contribution in [2.24, 2.45) is 5.41 Å². The van der Waals surface area contributed by atoms with Gasteiger partial charge in [0.15, 0.2) is 5.65 Å². The maximum atomic E-state index is 13.7. The molecule has 3 aromatic heterocycles. The Morgan fingerprint density at radius 3 is 2.47 bits per heavy atom. The van der Waals surface area contributed by atoms with Crippen LogP contribution in [-0.4, -0.2) is 63.5 Å². The molecule has 5 heterocycles. The zero-order valence-electron chi connectivity index (χ0n) is 21.0. The van der Waals surface area contributed by atoms with Crippen molar-refractivity contribution in [1.82, 2.24) is 24.9 Å². The number of aryl methyl sites for hydroxylation is 1. The van der Waals surface area contributed by atoms with Gasteiger partial charge in [-0.2, -0.15) is 18.2 Å². The quantitative estimate of drug-likeness (QED) is 0.549. The number of rotatable bonds is 4. The van der Waals surface area contributed by atoms with Gasteiger partial charge in [-0.1, -0.05) is 0 Å². The Hall–Kier alpha value is -3.12. The predicted molar refractivity (Wildman–Crippen MR) is 130 cm³/mol. The molecule has 200 valence electrons. The van der Waals surface area contributed by atoms with Gasteiger partial charge in [0.05, 0.1) is 48.4 Å². The summed E-state index contributed by atoms with van der Waals surface area (Å²) in [6, 6.07) is 3.18. The number of nitrogens with zero attached hydrogens (tertiary/aromatic N) is 5. The Morgan fingerprint density at radius 2 is 1.84 bits per heavy atom. The van der Waals surface area contributed by atoms with Gasteiger partial charge in [-0.05, 0) is 44.7 Å². The van der Waals surface area contributed by atoms with Gasteiger partial charge in [0.2, 0.25) is 11.5 Å². The van der Waals surface area contributed by atoms with Crippen LogP contribution in [0.1, 0.15) is 60.9 Å². The second-order valence-electron chi connectivity index (χ2n) is 11.4. The van der Waals surface area contributed by atoms with Crippen molar-refractivity contribution in [3.63, 3.8) is 0 Å². The van der Waals surface area contributed by atoms with E-state index in [1.165, 1.54) is 6.07 Å². The van der Waals surface area contributed by atoms with Crippen LogP contribution in [-0.2, 0) is 14.9 Å². The fourth-order valence-corrected chi connectivity index (χ4v) is 6.58. The van der Waals surface area contributed by atoms with E-state index in [0.29, 0.717) is 49.1 Å². The SMILES string of the molecule is Cc1nc2nc(N3C[C@@H](C)O[C@@H](c4ccc(=O)[nH]c4)C3)nc(C34CC(C(F)(F)F)(C3)C4)c2nc1C1COC1. The maximum Gasteiger partial charge on any atom is 0.394 e. The molecular formula is C26H27F3N6O3. The van der Waals surface area contributed by atoms with E-state index in [-0.39, 0.29) is 42.9 Å². The van der Waals surface area contributed by atoms with Crippen LogP contribution in [0.3, 0.4) is 0 Å². The summed E-state index contributed by atoms with van der Waals surface area (Å²) in [6.45, 7) is 5.85. The van der Waals surface area contributed by atoms with Gasteiger partial charge >= 0.3 is 6.18 Å². The highest BCUT2D eigenvalue weighted by atomic mass is 19.4. The fourth-order valence-electron chi connectivity index (χ4n) is 6.58. The van der Waals surface area contributed by atoms with Crippen LogP contribution in [0.2, 0.25) is 0 Å². The lowest BCUT2D eigenvalue weighted by Crippen LogP contribution is -2.70. The third-order valence-corrected chi connectivity index (χ3v) is 8.61. The topological polar surface area (TPSA) is 106 Å². The fraction of sp³-hybridized carbons (Fsp3) is 0.577. The van der Waals surface area contributed by atoms with Crippen molar-refractivity contribution < 1.29 is 22.6 Å². The molecule has 1 N–H and O–H groups in total. The molecule has 3 aliphatic carbocycles. The lowest BCUT2D eigenvalue weighted by molar-refractivity contribution is -0.337. The monoisotopic (exact) mass is 528 g/mol. The van der Waals surface area contributed by atoms with Crippen molar-refractivity contribution in [2.75, 3.05) is 31.2 Å². The molecule has 0 unspecified atom stereocenters. The molecule has 5 aliphatic rings. The van der Waals surface area contributed by atoms with E-state index in [9.17, 15) is 18.0 Å². The molecule has 5 fully saturated rings. The van der Waals surface area contributed by atoms with Gasteiger partial charge in [0.25, 0.3) is 0 Å². The summed E-state index contributed by atoms with van der Waals surface area (Å²) in [5, 5.41) is 0. The Bertz CT molecular complexity index is 1460. The average molecular weight is 529 g/mol. The number of anilines is 1. The minimum absolute atomic E-state index is 0.0198. The van der Waals surface area contributed by atoms with Crippen molar-refractivity contribution in [2.45, 2.75) is 62.8 Å². The Morgan fingerprint density at radius 1 is 1.08 bits per heavy atom. The molecule has 3 saturated carbocycles. The number of alkyl halides is 3. The summed E-state index contributed by atoms with van der Waals surface area (Å²) in [5.41, 5.74) is 1.34. The standard InChI is InChI=1S/C26H27F3N6O3/c1-13-6-35(7-17(38-13)15-3-4-18(36)30-5-15)23-33-21(24-10-25(11-24,12-24)26(27,28)29)20-22(34-23)31-14(2)19(32-20)16-8-37-9-16/h3-5,13,16-17H,6-12H2,1-2H3,(H,30,36)/t13-,17-,24?,25?/m1/s1. The van der Waals surface area contributed by atoms with Crippen LogP contribution in [0, 0.1) is 12.3 Å². The van der Waals surface area contributed by atoms with Crippen molar-refractivity contribution in [3.8, 4) is 0 Å². The first-order valence-corrected chi connectivity index (χ1v) is 12.9. The molecule has 9 nitrogen and oxygen atoms in total. The van der Waals surface area contributed by atoms with Gasteiger partial charge in [-0.3, -0.25) is 4.79 Å². The maximum absolute atomic E-state index is 13.7. The Balaban J connectivity index is 1.30. The molecule has 2 aliphatic heterocycles. The van der Waals surface area contributed by atoms with Gasteiger partial charge in [-0.25, -0.2) is 15.0 Å². The lowest BCUT2D eigenvalue weighted by atomic mass is 9.34. The molecule has 2 saturated heterocycles. The summed E-state index contributed by atoms with van der Waals surface area (Å²) in [6.07, 6.45) is -3.03. The number of ether oxygens (including phenoxy) is 2. The second-order valence-corrected chi connectivity index (χ2v) is 11.4. The lowest BCUT2D eigenvalue weighted by Gasteiger charge is -2.70. The van der Waals surface area contributed by atoms with Crippen molar-refractivity contribution in [3.05, 3.63) is 51.3 Å². The largest absolute Gasteiger partial charge is 0.394 e. The van der Waals surface area contributed by atoms with E-state index >= 15 is 0 Å². The number of nitrogens with one attached hydrogen (secondary N) is 1. The minimum Gasteiger partial charge on any atom is -0.380 e. The first-order chi connectivity index (χ1) is 18.1. The molecule has 0 aromatic carbocycles. The van der Waals surface area contributed by atoms with Crippen LogP contribution in [0.5, 0.6) is 0 Å². The van der Waals surface area contributed by atoms with Gasteiger partial charge in [0.1, 0.15) is 11.6 Å². The summed E-state index contributed by atoms with van der Waals surface area (Å²) < 4.78 is 52.6. The van der Waals surface area contributed by atoms with E-state index in [2.05, 4.69) is 4.98 Å². The highest BCUT2D eigenvalue weighted by Crippen LogP contribution is 2.78. The number of halogens is 3. The Labute approximate surface area is 215 Å². The van der Waals surface area contributed by atoms with E-state index in [1.807, 2.05) is 18.7 Å². The molecule has 8 rings (SSSR count). The third kappa shape index (κ3) is 3.49. The predicted octanol–water partition coefficient (Wildman–Crippen LogP) is 3.48. The first kappa shape index (κ1) is 24.0. The van der Waals surface area contributed by atoms with Crippen molar-refractivity contribution >= 4 is 17.1 Å². The molecule has 0 radical (unpaired) electrons. The highest BCUT2D eigenvalue weighted by Gasteiger charge is 2.79. The number of aromatic nitrogens is 5. The molecule has 0 spiro atoms. The number of hydrogen-bond acceptors (Lipinski definition) is 8. The number of H-pyrrole nitrogens is 1. The number of aromatic amines is 1. The average Bonchev–Trinajstić information content (AvgIpc) is 2.75. The molecular weight excluding hydrogens is 501 g/mol. The van der Waals surface area contributed by atoms with Crippen molar-refractivity contribution in [1.29, 1.82) is 0 Å². The van der Waals surface area contributed by atoms with E-state index in [1.54, 1.807) is 12.3 Å². The molecule has 3 aromatic rings. The zero-order valence-corrected chi connectivity index (χ0v) is 21.0. The second kappa shape index (κ2) is 7.95. The van der Waals surface area contributed by atoms with E-state index < -0.39 is 17.0 Å². The summed E-state index contributed by atoms with van der Waals surface area (Å²) in [4.78, 5) is 35.6. The number of morpholine rings is 1. The smallest absolute Gasteiger partial charge is 0.380 e. The molecule has 2 atom stereocenters. The number of pyridine rings is 1.